The summed E-state index contributed by atoms with van der Waals surface area (Å²) in [6.45, 7) is 0.904. The van der Waals surface area contributed by atoms with Gasteiger partial charge < -0.3 is 28.5 Å². The summed E-state index contributed by atoms with van der Waals surface area (Å²) >= 11 is 0. The molecule has 0 spiro atoms. The molecule has 0 saturated heterocycles. The number of H-pyrrole nitrogens is 1. The molecule has 4 aromatic heterocycles. The predicted octanol–water partition coefficient (Wildman–Crippen LogP) is 3.79. The Labute approximate surface area is 200 Å². The highest BCUT2D eigenvalue weighted by molar-refractivity contribution is 5.76. The van der Waals surface area contributed by atoms with Gasteiger partial charge in [-0.05, 0) is 29.8 Å². The minimum Gasteiger partial charge on any atom is -0.493 e. The monoisotopic (exact) mass is 470 g/mol. The van der Waals surface area contributed by atoms with Crippen molar-refractivity contribution in [1.29, 1.82) is 0 Å². The fourth-order valence-electron chi connectivity index (χ4n) is 4.12. The van der Waals surface area contributed by atoms with Crippen LogP contribution in [0.2, 0.25) is 0 Å². The molecule has 10 heteroatoms. The van der Waals surface area contributed by atoms with Crippen molar-refractivity contribution < 1.29 is 18.9 Å². The maximum atomic E-state index is 6.25. The van der Waals surface area contributed by atoms with Crippen LogP contribution in [0, 0.1) is 0 Å². The lowest BCUT2D eigenvalue weighted by molar-refractivity contribution is 0.0867. The van der Waals surface area contributed by atoms with Crippen LogP contribution in [0.15, 0.2) is 61.4 Å². The van der Waals surface area contributed by atoms with Crippen molar-refractivity contribution in [3.05, 3.63) is 72.6 Å². The Morgan fingerprint density at radius 3 is 2.77 bits per heavy atom. The smallest absolute Gasteiger partial charge is 0.212 e. The second-order valence-corrected chi connectivity index (χ2v) is 8.05. The number of fused-ring (bicyclic) bond motifs is 2. The number of aromatic amines is 1. The maximum absolute atomic E-state index is 6.25. The zero-order chi connectivity index (χ0) is 23.8. The molecule has 0 amide bonds. The van der Waals surface area contributed by atoms with Crippen LogP contribution in [0.3, 0.4) is 0 Å². The minimum absolute atomic E-state index is 0.300. The topological polar surface area (TPSA) is 109 Å². The predicted molar refractivity (Wildman–Crippen MR) is 127 cm³/mol. The molecular weight excluding hydrogens is 448 g/mol. The van der Waals surface area contributed by atoms with Gasteiger partial charge in [-0.2, -0.15) is 0 Å². The van der Waals surface area contributed by atoms with Gasteiger partial charge >= 0.3 is 0 Å². The molecule has 1 aliphatic rings. The average Bonchev–Trinajstić information content (AvgIpc) is 3.58. The summed E-state index contributed by atoms with van der Waals surface area (Å²) in [4.78, 5) is 20.8. The third-order valence-corrected chi connectivity index (χ3v) is 5.87. The summed E-state index contributed by atoms with van der Waals surface area (Å²) in [5.74, 6) is 3.11. The van der Waals surface area contributed by atoms with Gasteiger partial charge in [-0.15, -0.1) is 0 Å². The third kappa shape index (κ3) is 3.88. The van der Waals surface area contributed by atoms with Gasteiger partial charge in [-0.25, -0.2) is 19.9 Å². The van der Waals surface area contributed by atoms with Gasteiger partial charge in [-0.1, -0.05) is 0 Å². The largest absolute Gasteiger partial charge is 0.493 e. The van der Waals surface area contributed by atoms with Gasteiger partial charge in [-0.3, -0.25) is 0 Å². The van der Waals surface area contributed by atoms with E-state index < -0.39 is 0 Å². The summed E-state index contributed by atoms with van der Waals surface area (Å²) in [5, 5.41) is 0. The number of nitrogens with zero attached hydrogens (tertiary/aromatic N) is 5. The Morgan fingerprint density at radius 1 is 1.06 bits per heavy atom. The summed E-state index contributed by atoms with van der Waals surface area (Å²) in [6, 6.07) is 9.59. The van der Waals surface area contributed by atoms with E-state index in [1.54, 1.807) is 51.4 Å². The zero-order valence-electron chi connectivity index (χ0n) is 19.1. The Kier molecular flexibility index (Phi) is 5.17. The second-order valence-electron chi connectivity index (χ2n) is 8.05. The molecular formula is C25H22N6O4. The third-order valence-electron chi connectivity index (χ3n) is 5.87. The first-order valence-electron chi connectivity index (χ1n) is 11.0. The number of nitrogens with one attached hydrogen (secondary N) is 1. The molecule has 1 atom stereocenters. The SMILES string of the molecule is COc1ccc(C2COc3cc(Cn4cnc5cc(-c6ncc[nH]6)cnc54)cc(OC)c3O2)cn1. The molecule has 176 valence electrons. The molecule has 35 heavy (non-hydrogen) atoms. The molecule has 1 aromatic carbocycles. The van der Waals surface area contributed by atoms with Crippen LogP contribution in [0.5, 0.6) is 23.1 Å². The molecule has 0 radical (unpaired) electrons. The second kappa shape index (κ2) is 8.64. The number of ether oxygens (including phenoxy) is 4. The van der Waals surface area contributed by atoms with Crippen molar-refractivity contribution in [2.75, 3.05) is 20.8 Å². The first-order chi connectivity index (χ1) is 17.2. The first kappa shape index (κ1) is 21.0. The van der Waals surface area contributed by atoms with Crippen molar-refractivity contribution in [3.8, 4) is 34.5 Å². The Hall–Kier alpha value is -4.60. The lowest BCUT2D eigenvalue weighted by Gasteiger charge is -2.28. The van der Waals surface area contributed by atoms with E-state index in [0.29, 0.717) is 36.3 Å². The van der Waals surface area contributed by atoms with Gasteiger partial charge in [0, 0.05) is 42.0 Å². The Morgan fingerprint density at radius 2 is 2.00 bits per heavy atom. The van der Waals surface area contributed by atoms with E-state index in [4.69, 9.17) is 18.9 Å². The van der Waals surface area contributed by atoms with Crippen LogP contribution in [0.1, 0.15) is 17.2 Å². The number of hydrogen-bond donors (Lipinski definition) is 1. The number of benzene rings is 1. The summed E-state index contributed by atoms with van der Waals surface area (Å²) in [6.07, 6.45) is 8.49. The standard InChI is InChI=1S/C25H22N6O4/c1-32-19-7-15(8-20-23(19)35-21(13-34-20)16-3-4-22(33-2)28-10-16)12-31-14-30-18-9-17(11-29-25(18)31)24-26-5-6-27-24/h3-11,14,21H,12-13H2,1-2H3,(H,26,27). The lowest BCUT2D eigenvalue weighted by Crippen LogP contribution is -2.22. The molecule has 0 saturated carbocycles. The lowest BCUT2D eigenvalue weighted by atomic mass is 10.1. The van der Waals surface area contributed by atoms with E-state index in [1.165, 1.54) is 0 Å². The number of rotatable bonds is 6. The molecule has 5 aromatic rings. The van der Waals surface area contributed by atoms with Crippen LogP contribution in [-0.4, -0.2) is 50.3 Å². The number of methoxy groups -OCH3 is 2. The van der Waals surface area contributed by atoms with Crippen LogP contribution in [-0.2, 0) is 6.54 Å². The van der Waals surface area contributed by atoms with Crippen molar-refractivity contribution in [3.63, 3.8) is 0 Å². The number of pyridine rings is 2. The summed E-state index contributed by atoms with van der Waals surface area (Å²) < 4.78 is 25.1. The highest BCUT2D eigenvalue weighted by atomic mass is 16.6. The molecule has 1 N–H and O–H groups in total. The summed E-state index contributed by atoms with van der Waals surface area (Å²) in [5.41, 5.74) is 4.33. The molecule has 0 bridgehead atoms. The fourth-order valence-corrected chi connectivity index (χ4v) is 4.12. The Bertz CT molecular complexity index is 1460. The van der Waals surface area contributed by atoms with Gasteiger partial charge in [0.25, 0.3) is 0 Å². The van der Waals surface area contributed by atoms with Crippen molar-refractivity contribution in [2.45, 2.75) is 12.6 Å². The van der Waals surface area contributed by atoms with E-state index in [0.717, 1.165) is 33.7 Å². The first-order valence-corrected chi connectivity index (χ1v) is 11.0. The quantitative estimate of drug-likeness (QED) is 0.399. The molecule has 0 aliphatic carbocycles. The number of hydrogen-bond acceptors (Lipinski definition) is 8. The van der Waals surface area contributed by atoms with Crippen LogP contribution in [0.25, 0.3) is 22.6 Å². The zero-order valence-corrected chi connectivity index (χ0v) is 19.1. The highest BCUT2D eigenvalue weighted by Crippen LogP contribution is 2.44. The van der Waals surface area contributed by atoms with Crippen molar-refractivity contribution in [2.24, 2.45) is 0 Å². The average molecular weight is 470 g/mol. The van der Waals surface area contributed by atoms with E-state index in [2.05, 4.69) is 24.9 Å². The highest BCUT2D eigenvalue weighted by Gasteiger charge is 2.27. The normalized spacial score (nSPS) is 14.7. The van der Waals surface area contributed by atoms with Crippen molar-refractivity contribution in [1.82, 2.24) is 29.5 Å². The molecule has 0 fully saturated rings. The van der Waals surface area contributed by atoms with Gasteiger partial charge in [0.05, 0.1) is 27.1 Å². The van der Waals surface area contributed by atoms with Crippen LogP contribution >= 0.6 is 0 Å². The van der Waals surface area contributed by atoms with E-state index in [1.807, 2.05) is 28.8 Å². The van der Waals surface area contributed by atoms with E-state index >= 15 is 0 Å². The molecule has 1 aliphatic heterocycles. The Balaban J connectivity index is 1.26. The van der Waals surface area contributed by atoms with Crippen LogP contribution in [0.4, 0.5) is 0 Å². The fraction of sp³-hybridized carbons (Fsp3) is 0.200. The van der Waals surface area contributed by atoms with E-state index in [9.17, 15) is 0 Å². The molecule has 5 heterocycles. The van der Waals surface area contributed by atoms with Gasteiger partial charge in [0.2, 0.25) is 11.6 Å². The molecule has 1 unspecified atom stereocenters. The maximum Gasteiger partial charge on any atom is 0.212 e. The summed E-state index contributed by atoms with van der Waals surface area (Å²) in [7, 11) is 3.20. The van der Waals surface area contributed by atoms with Gasteiger partial charge in [0.15, 0.2) is 23.3 Å². The molecule has 6 rings (SSSR count). The van der Waals surface area contributed by atoms with Gasteiger partial charge in [0.1, 0.15) is 17.9 Å². The molecule has 10 nitrogen and oxygen atoms in total. The van der Waals surface area contributed by atoms with E-state index in [-0.39, 0.29) is 6.10 Å². The van der Waals surface area contributed by atoms with Crippen molar-refractivity contribution >= 4 is 11.2 Å². The van der Waals surface area contributed by atoms with Crippen LogP contribution < -0.4 is 18.9 Å². The number of imidazole rings is 2. The minimum atomic E-state index is -0.300. The number of aromatic nitrogens is 6.